The summed E-state index contributed by atoms with van der Waals surface area (Å²) >= 11 is 1.31. The molecule has 1 aliphatic rings. The predicted molar refractivity (Wildman–Crippen MR) is 46.4 cm³/mol. The van der Waals surface area contributed by atoms with Gasteiger partial charge in [-0.05, 0) is 19.4 Å². The number of ether oxygens (including phenoxy) is 1. The molecule has 1 atom stereocenters. The standard InChI is InChI=1S/C7H11N3OS/c1-2-6(4-8-3-1)11-7-9-5-10-12-7/h5-6,8H,1-4H2. The molecule has 0 aromatic carbocycles. The molecule has 0 spiro atoms. The average Bonchev–Trinajstić information content (AvgIpc) is 2.59. The minimum atomic E-state index is 0.284. The predicted octanol–water partition coefficient (Wildman–Crippen LogP) is 0.669. The highest BCUT2D eigenvalue weighted by Crippen LogP contribution is 2.15. The lowest BCUT2D eigenvalue weighted by Gasteiger charge is -2.21. The van der Waals surface area contributed by atoms with Gasteiger partial charge in [-0.2, -0.15) is 9.36 Å². The summed E-state index contributed by atoms with van der Waals surface area (Å²) in [5.41, 5.74) is 0. The van der Waals surface area contributed by atoms with Crippen molar-refractivity contribution >= 4 is 11.5 Å². The van der Waals surface area contributed by atoms with Gasteiger partial charge in [-0.25, -0.2) is 0 Å². The third-order valence-corrected chi connectivity index (χ3v) is 2.42. The minimum absolute atomic E-state index is 0.284. The van der Waals surface area contributed by atoms with E-state index in [9.17, 15) is 0 Å². The Labute approximate surface area is 75.1 Å². The Morgan fingerprint density at radius 2 is 2.67 bits per heavy atom. The molecule has 1 fully saturated rings. The molecule has 1 aromatic heterocycles. The van der Waals surface area contributed by atoms with E-state index >= 15 is 0 Å². The molecule has 5 heteroatoms. The normalized spacial score (nSPS) is 23.8. The van der Waals surface area contributed by atoms with Crippen LogP contribution in [-0.4, -0.2) is 28.6 Å². The molecule has 1 N–H and O–H groups in total. The van der Waals surface area contributed by atoms with Crippen LogP contribution in [0.2, 0.25) is 0 Å². The highest BCUT2D eigenvalue weighted by atomic mass is 32.1. The summed E-state index contributed by atoms with van der Waals surface area (Å²) in [5, 5.41) is 3.96. The quantitative estimate of drug-likeness (QED) is 0.735. The van der Waals surface area contributed by atoms with E-state index in [1.54, 1.807) is 0 Å². The Hall–Kier alpha value is -0.680. The van der Waals surface area contributed by atoms with Gasteiger partial charge in [0, 0.05) is 18.1 Å². The number of piperidine rings is 1. The lowest BCUT2D eigenvalue weighted by atomic mass is 10.1. The number of nitrogens with one attached hydrogen (secondary N) is 1. The third kappa shape index (κ3) is 1.92. The summed E-state index contributed by atoms with van der Waals surface area (Å²) in [5.74, 6) is 0. The molecule has 4 nitrogen and oxygen atoms in total. The minimum Gasteiger partial charge on any atom is -0.464 e. The highest BCUT2D eigenvalue weighted by Gasteiger charge is 2.15. The molecule has 12 heavy (non-hydrogen) atoms. The number of hydrogen-bond donors (Lipinski definition) is 1. The Balaban J connectivity index is 1.86. The van der Waals surface area contributed by atoms with E-state index in [1.165, 1.54) is 24.3 Å². The van der Waals surface area contributed by atoms with Crippen LogP contribution in [0.25, 0.3) is 0 Å². The highest BCUT2D eigenvalue weighted by molar-refractivity contribution is 7.07. The van der Waals surface area contributed by atoms with Crippen molar-refractivity contribution in [2.45, 2.75) is 18.9 Å². The smallest absolute Gasteiger partial charge is 0.293 e. The second-order valence-corrected chi connectivity index (χ2v) is 3.54. The first-order valence-corrected chi connectivity index (χ1v) is 4.86. The first-order chi connectivity index (χ1) is 5.95. The summed E-state index contributed by atoms with van der Waals surface area (Å²) in [7, 11) is 0. The van der Waals surface area contributed by atoms with Crippen molar-refractivity contribution in [2.24, 2.45) is 0 Å². The number of aromatic nitrogens is 2. The maximum atomic E-state index is 5.58. The fourth-order valence-corrected chi connectivity index (χ4v) is 1.74. The van der Waals surface area contributed by atoms with Gasteiger partial charge >= 0.3 is 0 Å². The molecule has 1 unspecified atom stereocenters. The van der Waals surface area contributed by atoms with E-state index in [4.69, 9.17) is 4.74 Å². The van der Waals surface area contributed by atoms with Crippen molar-refractivity contribution in [1.29, 1.82) is 0 Å². The molecule has 0 bridgehead atoms. The number of rotatable bonds is 2. The molecule has 66 valence electrons. The fraction of sp³-hybridized carbons (Fsp3) is 0.714. The molecule has 1 aromatic rings. The molecule has 0 aliphatic carbocycles. The molecule has 0 amide bonds. The molecule has 2 heterocycles. The Morgan fingerprint density at radius 3 is 3.33 bits per heavy atom. The van der Waals surface area contributed by atoms with Crippen molar-refractivity contribution < 1.29 is 4.74 Å². The van der Waals surface area contributed by atoms with Crippen LogP contribution in [0.5, 0.6) is 5.19 Å². The van der Waals surface area contributed by atoms with Gasteiger partial charge in [-0.1, -0.05) is 0 Å². The number of hydrogen-bond acceptors (Lipinski definition) is 5. The van der Waals surface area contributed by atoms with E-state index in [-0.39, 0.29) is 6.10 Å². The van der Waals surface area contributed by atoms with Crippen LogP contribution in [0.3, 0.4) is 0 Å². The van der Waals surface area contributed by atoms with E-state index in [2.05, 4.69) is 14.7 Å². The van der Waals surface area contributed by atoms with Crippen LogP contribution in [0.15, 0.2) is 6.33 Å². The van der Waals surface area contributed by atoms with Crippen LogP contribution in [0.4, 0.5) is 0 Å². The van der Waals surface area contributed by atoms with E-state index < -0.39 is 0 Å². The van der Waals surface area contributed by atoms with Gasteiger partial charge in [0.15, 0.2) is 0 Å². The Morgan fingerprint density at radius 1 is 1.67 bits per heavy atom. The van der Waals surface area contributed by atoms with Crippen molar-refractivity contribution in [3.8, 4) is 5.19 Å². The van der Waals surface area contributed by atoms with Crippen molar-refractivity contribution in [3.05, 3.63) is 6.33 Å². The van der Waals surface area contributed by atoms with Gasteiger partial charge < -0.3 is 10.1 Å². The van der Waals surface area contributed by atoms with Crippen LogP contribution in [0.1, 0.15) is 12.8 Å². The fourth-order valence-electron chi connectivity index (χ4n) is 1.28. The maximum Gasteiger partial charge on any atom is 0.293 e. The zero-order valence-corrected chi connectivity index (χ0v) is 7.51. The Bertz CT molecular complexity index is 221. The van der Waals surface area contributed by atoms with E-state index in [1.807, 2.05) is 0 Å². The summed E-state index contributed by atoms with van der Waals surface area (Å²) in [6, 6.07) is 0. The van der Waals surface area contributed by atoms with Gasteiger partial charge in [0.1, 0.15) is 12.4 Å². The van der Waals surface area contributed by atoms with Crippen LogP contribution < -0.4 is 10.1 Å². The largest absolute Gasteiger partial charge is 0.464 e. The molecule has 1 saturated heterocycles. The molecule has 0 saturated carbocycles. The Kier molecular flexibility index (Phi) is 2.53. The van der Waals surface area contributed by atoms with Gasteiger partial charge in [-0.15, -0.1) is 0 Å². The van der Waals surface area contributed by atoms with Crippen LogP contribution in [-0.2, 0) is 0 Å². The lowest BCUT2D eigenvalue weighted by molar-refractivity contribution is 0.166. The van der Waals surface area contributed by atoms with Gasteiger partial charge in [0.2, 0.25) is 0 Å². The number of nitrogens with zero attached hydrogens (tertiary/aromatic N) is 2. The summed E-state index contributed by atoms with van der Waals surface area (Å²) < 4.78 is 9.45. The van der Waals surface area contributed by atoms with E-state index in [0.717, 1.165) is 19.5 Å². The van der Waals surface area contributed by atoms with Gasteiger partial charge in [-0.3, -0.25) is 0 Å². The average molecular weight is 185 g/mol. The van der Waals surface area contributed by atoms with Crippen molar-refractivity contribution in [1.82, 2.24) is 14.7 Å². The van der Waals surface area contributed by atoms with Crippen molar-refractivity contribution in [3.63, 3.8) is 0 Å². The second kappa shape index (κ2) is 3.82. The summed E-state index contributed by atoms with van der Waals surface area (Å²) in [6.45, 7) is 2.04. The zero-order chi connectivity index (χ0) is 8.23. The summed E-state index contributed by atoms with van der Waals surface area (Å²) in [4.78, 5) is 3.97. The van der Waals surface area contributed by atoms with Gasteiger partial charge in [0.05, 0.1) is 0 Å². The molecule has 1 aliphatic heterocycles. The van der Waals surface area contributed by atoms with E-state index in [0.29, 0.717) is 5.19 Å². The molecule has 2 rings (SSSR count). The van der Waals surface area contributed by atoms with Gasteiger partial charge in [0.25, 0.3) is 5.19 Å². The summed E-state index contributed by atoms with van der Waals surface area (Å²) in [6.07, 6.45) is 4.11. The lowest BCUT2D eigenvalue weighted by Crippen LogP contribution is -2.37. The second-order valence-electron chi connectivity index (χ2n) is 2.79. The third-order valence-electron chi connectivity index (χ3n) is 1.86. The maximum absolute atomic E-state index is 5.58. The zero-order valence-electron chi connectivity index (χ0n) is 6.69. The molecular formula is C7H11N3OS. The SMILES string of the molecule is c1nsc(OC2CCCNC2)n1. The first-order valence-electron chi connectivity index (χ1n) is 4.09. The first kappa shape index (κ1) is 7.94. The molecule has 0 radical (unpaired) electrons. The van der Waals surface area contributed by atoms with Crippen LogP contribution >= 0.6 is 11.5 Å². The van der Waals surface area contributed by atoms with Crippen molar-refractivity contribution in [2.75, 3.05) is 13.1 Å². The van der Waals surface area contributed by atoms with Crippen LogP contribution in [0, 0.1) is 0 Å². The molecular weight excluding hydrogens is 174 g/mol. The topological polar surface area (TPSA) is 47.0 Å². The monoisotopic (exact) mass is 185 g/mol.